The number of likely N-dealkylation sites (N-methyl/N-ethyl adjacent to an activating group) is 1. The van der Waals surface area contributed by atoms with E-state index in [9.17, 15) is 0 Å². The van der Waals surface area contributed by atoms with Crippen LogP contribution in [0.5, 0.6) is 0 Å². The lowest BCUT2D eigenvalue weighted by Crippen LogP contribution is -2.22. The monoisotopic (exact) mass is 274 g/mol. The van der Waals surface area contributed by atoms with Crippen LogP contribution in [0.1, 0.15) is 25.0 Å². The highest BCUT2D eigenvalue weighted by molar-refractivity contribution is 6.31. The van der Waals surface area contributed by atoms with Crippen LogP contribution >= 0.6 is 11.6 Å². The fourth-order valence-corrected chi connectivity index (χ4v) is 2.30. The number of benzene rings is 1. The van der Waals surface area contributed by atoms with Crippen LogP contribution in [0.25, 0.3) is 17.0 Å². The highest BCUT2D eigenvalue weighted by Crippen LogP contribution is 2.23. The van der Waals surface area contributed by atoms with Crippen molar-refractivity contribution in [3.8, 4) is 0 Å². The number of rotatable bonds is 4. The molecule has 2 aromatic rings. The Morgan fingerprint density at radius 1 is 1.42 bits per heavy atom. The molecule has 0 radical (unpaired) electrons. The summed E-state index contributed by atoms with van der Waals surface area (Å²) >= 11 is 6.25. The molecular formula is C16H19ClN2. The van der Waals surface area contributed by atoms with Crippen molar-refractivity contribution in [1.29, 1.82) is 0 Å². The predicted octanol–water partition coefficient (Wildman–Crippen LogP) is 4.21. The Bertz CT molecular complexity index is 605. The third-order valence-corrected chi connectivity index (χ3v) is 3.42. The van der Waals surface area contributed by atoms with Gasteiger partial charge >= 0.3 is 0 Å². The first-order valence-electron chi connectivity index (χ1n) is 6.59. The molecule has 0 saturated heterocycles. The number of aryl methyl sites for hydroxylation is 1. The van der Waals surface area contributed by atoms with Gasteiger partial charge in [-0.1, -0.05) is 48.9 Å². The first kappa shape index (κ1) is 14.0. The van der Waals surface area contributed by atoms with Crippen molar-refractivity contribution in [2.45, 2.75) is 26.8 Å². The van der Waals surface area contributed by atoms with Gasteiger partial charge < -0.3 is 5.32 Å². The topological polar surface area (TPSA) is 24.9 Å². The average molecular weight is 275 g/mol. The number of halogens is 1. The SMILES string of the molecule is CCNC(C)/C=C/c1cc2cccc(C)c2nc1Cl. The lowest BCUT2D eigenvalue weighted by molar-refractivity contribution is 0.663. The quantitative estimate of drug-likeness (QED) is 0.845. The van der Waals surface area contributed by atoms with Gasteiger partial charge in [-0.2, -0.15) is 0 Å². The molecule has 1 N–H and O–H groups in total. The van der Waals surface area contributed by atoms with E-state index in [-0.39, 0.29) is 0 Å². The van der Waals surface area contributed by atoms with Gasteiger partial charge in [0.05, 0.1) is 5.52 Å². The molecule has 1 heterocycles. The van der Waals surface area contributed by atoms with Gasteiger partial charge in [0.1, 0.15) is 5.15 Å². The van der Waals surface area contributed by atoms with Gasteiger partial charge in [0.25, 0.3) is 0 Å². The number of fused-ring (bicyclic) bond motifs is 1. The number of hydrogen-bond donors (Lipinski definition) is 1. The van der Waals surface area contributed by atoms with Crippen LogP contribution in [-0.2, 0) is 0 Å². The maximum Gasteiger partial charge on any atom is 0.136 e. The molecule has 0 amide bonds. The van der Waals surface area contributed by atoms with E-state index < -0.39 is 0 Å². The van der Waals surface area contributed by atoms with Crippen LogP contribution in [0.3, 0.4) is 0 Å². The normalized spacial score (nSPS) is 13.3. The predicted molar refractivity (Wildman–Crippen MR) is 83.7 cm³/mol. The number of hydrogen-bond acceptors (Lipinski definition) is 2. The van der Waals surface area contributed by atoms with E-state index in [0.29, 0.717) is 11.2 Å². The molecule has 100 valence electrons. The minimum Gasteiger partial charge on any atom is -0.311 e. The Hall–Kier alpha value is -1.38. The maximum absolute atomic E-state index is 6.25. The molecule has 0 aliphatic heterocycles. The Labute approximate surface area is 119 Å². The molecule has 3 heteroatoms. The van der Waals surface area contributed by atoms with Gasteiger partial charge in [-0.3, -0.25) is 0 Å². The van der Waals surface area contributed by atoms with Gasteiger partial charge in [0, 0.05) is 17.0 Å². The van der Waals surface area contributed by atoms with Crippen molar-refractivity contribution in [1.82, 2.24) is 10.3 Å². The second kappa shape index (κ2) is 6.18. The summed E-state index contributed by atoms with van der Waals surface area (Å²) in [6.45, 7) is 7.22. The molecule has 1 aromatic carbocycles. The molecule has 0 aliphatic rings. The molecule has 2 rings (SSSR count). The van der Waals surface area contributed by atoms with E-state index in [1.54, 1.807) is 0 Å². The highest BCUT2D eigenvalue weighted by Gasteiger charge is 2.04. The molecule has 0 saturated carbocycles. The Kier molecular flexibility index (Phi) is 4.56. The van der Waals surface area contributed by atoms with Gasteiger partial charge in [0.15, 0.2) is 0 Å². The summed E-state index contributed by atoms with van der Waals surface area (Å²) in [5.41, 5.74) is 3.09. The summed E-state index contributed by atoms with van der Waals surface area (Å²) < 4.78 is 0. The standard InChI is InChI=1S/C16H19ClN2/c1-4-18-12(3)8-9-14-10-13-7-5-6-11(2)15(13)19-16(14)17/h5-10,12,18H,4H2,1-3H3/b9-8+. The fourth-order valence-electron chi connectivity index (χ4n) is 2.10. The van der Waals surface area contributed by atoms with Crippen LogP contribution < -0.4 is 5.32 Å². The van der Waals surface area contributed by atoms with E-state index in [1.165, 1.54) is 0 Å². The van der Waals surface area contributed by atoms with Gasteiger partial charge in [-0.25, -0.2) is 4.98 Å². The summed E-state index contributed by atoms with van der Waals surface area (Å²) in [7, 11) is 0. The summed E-state index contributed by atoms with van der Waals surface area (Å²) in [6.07, 6.45) is 4.14. The van der Waals surface area contributed by atoms with E-state index in [4.69, 9.17) is 11.6 Å². The number of nitrogens with zero attached hydrogens (tertiary/aromatic N) is 1. The molecule has 0 fully saturated rings. The minimum absolute atomic E-state index is 0.328. The van der Waals surface area contributed by atoms with E-state index >= 15 is 0 Å². The molecule has 2 nitrogen and oxygen atoms in total. The summed E-state index contributed by atoms with van der Waals surface area (Å²) in [5, 5.41) is 5.01. The van der Waals surface area contributed by atoms with Crippen LogP contribution in [0.15, 0.2) is 30.3 Å². The average Bonchev–Trinajstić information content (AvgIpc) is 2.38. The first-order valence-corrected chi connectivity index (χ1v) is 6.97. The third kappa shape index (κ3) is 3.34. The van der Waals surface area contributed by atoms with E-state index in [0.717, 1.165) is 28.6 Å². The number of nitrogens with one attached hydrogen (secondary N) is 1. The second-order valence-corrected chi connectivity index (χ2v) is 5.08. The van der Waals surface area contributed by atoms with Gasteiger partial charge in [0.2, 0.25) is 0 Å². The lowest BCUT2D eigenvalue weighted by atomic mass is 10.1. The molecular weight excluding hydrogens is 256 g/mol. The minimum atomic E-state index is 0.328. The smallest absolute Gasteiger partial charge is 0.136 e. The van der Waals surface area contributed by atoms with Crippen molar-refractivity contribution < 1.29 is 0 Å². The Morgan fingerprint density at radius 2 is 2.21 bits per heavy atom. The van der Waals surface area contributed by atoms with Crippen LogP contribution in [0, 0.1) is 6.92 Å². The molecule has 1 atom stereocenters. The van der Waals surface area contributed by atoms with Crippen molar-refractivity contribution in [2.24, 2.45) is 0 Å². The molecule has 0 aliphatic carbocycles. The number of aromatic nitrogens is 1. The molecule has 0 spiro atoms. The van der Waals surface area contributed by atoms with E-state index in [2.05, 4.69) is 55.3 Å². The number of pyridine rings is 1. The first-order chi connectivity index (χ1) is 9.11. The van der Waals surface area contributed by atoms with Crippen LogP contribution in [-0.4, -0.2) is 17.6 Å². The summed E-state index contributed by atoms with van der Waals surface area (Å²) in [6, 6.07) is 8.58. The van der Waals surface area contributed by atoms with Crippen molar-refractivity contribution in [2.75, 3.05) is 6.54 Å². The zero-order valence-electron chi connectivity index (χ0n) is 11.6. The zero-order valence-corrected chi connectivity index (χ0v) is 12.3. The molecule has 19 heavy (non-hydrogen) atoms. The van der Waals surface area contributed by atoms with Crippen molar-refractivity contribution >= 4 is 28.6 Å². The third-order valence-electron chi connectivity index (χ3n) is 3.12. The fraction of sp³-hybridized carbons (Fsp3) is 0.312. The van der Waals surface area contributed by atoms with Crippen molar-refractivity contribution in [3.05, 3.63) is 46.6 Å². The molecule has 1 aromatic heterocycles. The summed E-state index contributed by atoms with van der Waals surface area (Å²) in [5.74, 6) is 0. The zero-order chi connectivity index (χ0) is 13.8. The van der Waals surface area contributed by atoms with Crippen LogP contribution in [0.4, 0.5) is 0 Å². The largest absolute Gasteiger partial charge is 0.311 e. The molecule has 0 bridgehead atoms. The van der Waals surface area contributed by atoms with E-state index in [1.807, 2.05) is 12.1 Å². The Balaban J connectivity index is 2.37. The Morgan fingerprint density at radius 3 is 2.95 bits per heavy atom. The van der Waals surface area contributed by atoms with Crippen LogP contribution in [0.2, 0.25) is 5.15 Å². The molecule has 1 unspecified atom stereocenters. The highest BCUT2D eigenvalue weighted by atomic mass is 35.5. The lowest BCUT2D eigenvalue weighted by Gasteiger charge is -2.07. The number of para-hydroxylation sites is 1. The van der Waals surface area contributed by atoms with Crippen molar-refractivity contribution in [3.63, 3.8) is 0 Å². The second-order valence-electron chi connectivity index (χ2n) is 4.72. The summed E-state index contributed by atoms with van der Waals surface area (Å²) in [4.78, 5) is 4.49. The van der Waals surface area contributed by atoms with Gasteiger partial charge in [-0.05, 0) is 32.0 Å². The maximum atomic E-state index is 6.25. The van der Waals surface area contributed by atoms with Gasteiger partial charge in [-0.15, -0.1) is 0 Å².